The molecule has 1 aromatic rings. The second kappa shape index (κ2) is 8.15. The first-order chi connectivity index (χ1) is 12.1. The van der Waals surface area contributed by atoms with Crippen LogP contribution in [-0.4, -0.2) is 46.1 Å². The van der Waals surface area contributed by atoms with Crippen molar-refractivity contribution in [2.45, 2.75) is 36.8 Å². The van der Waals surface area contributed by atoms with Crippen LogP contribution in [0.4, 0.5) is 0 Å². The van der Waals surface area contributed by atoms with Gasteiger partial charge in [0.1, 0.15) is 11.1 Å². The number of pyridine rings is 1. The minimum Gasteiger partial charge on any atom is -0.476 e. The highest BCUT2D eigenvalue weighted by Gasteiger charge is 2.25. The van der Waals surface area contributed by atoms with Gasteiger partial charge in [-0.25, -0.2) is 13.4 Å². The predicted molar refractivity (Wildman–Crippen MR) is 90.5 cm³/mol. The fourth-order valence-corrected chi connectivity index (χ4v) is 3.95. The fraction of sp³-hybridized carbons (Fsp3) is 0.588. The van der Waals surface area contributed by atoms with Gasteiger partial charge in [0.25, 0.3) is 0 Å². The molecule has 0 spiro atoms. The summed E-state index contributed by atoms with van der Waals surface area (Å²) in [7, 11) is -3.73. The fourth-order valence-electron chi connectivity index (χ4n) is 2.82. The van der Waals surface area contributed by atoms with E-state index >= 15 is 0 Å². The Morgan fingerprint density at radius 2 is 2.12 bits per heavy atom. The second-order valence-electron chi connectivity index (χ2n) is 6.16. The van der Waals surface area contributed by atoms with Gasteiger partial charge in [-0.1, -0.05) is 5.92 Å². The van der Waals surface area contributed by atoms with Gasteiger partial charge in [0.2, 0.25) is 15.9 Å². The first kappa shape index (κ1) is 18.1. The van der Waals surface area contributed by atoms with Gasteiger partial charge in [-0.15, -0.1) is 6.42 Å². The topological polar surface area (TPSA) is 86.8 Å². The second-order valence-corrected chi connectivity index (χ2v) is 7.87. The average Bonchev–Trinajstić information content (AvgIpc) is 3.13. The van der Waals surface area contributed by atoms with Crippen LogP contribution in [0.25, 0.3) is 0 Å². The van der Waals surface area contributed by atoms with Crippen molar-refractivity contribution in [2.75, 3.05) is 26.4 Å². The Bertz CT molecular complexity index is 732. The Hall–Kier alpha value is -1.66. The summed E-state index contributed by atoms with van der Waals surface area (Å²) in [6.07, 6.45) is 9.62. The van der Waals surface area contributed by atoms with Gasteiger partial charge in [-0.05, 0) is 37.7 Å². The molecule has 1 atom stereocenters. The maximum absolute atomic E-state index is 12.4. The summed E-state index contributed by atoms with van der Waals surface area (Å²) in [4.78, 5) is 4.13. The Balaban J connectivity index is 1.69. The van der Waals surface area contributed by atoms with Crippen LogP contribution in [-0.2, 0) is 19.5 Å². The van der Waals surface area contributed by atoms with Crippen LogP contribution in [0.3, 0.4) is 0 Å². The summed E-state index contributed by atoms with van der Waals surface area (Å²) in [6.45, 7) is 2.51. The van der Waals surface area contributed by atoms with Crippen molar-refractivity contribution in [3.8, 4) is 18.2 Å². The maximum Gasteiger partial charge on any atom is 0.244 e. The summed E-state index contributed by atoms with van der Waals surface area (Å²) in [6, 6.07) is 1.41. The van der Waals surface area contributed by atoms with E-state index in [4.69, 9.17) is 20.6 Å². The quantitative estimate of drug-likeness (QED) is 0.764. The minimum absolute atomic E-state index is 0.00867. The van der Waals surface area contributed by atoms with Crippen molar-refractivity contribution >= 4 is 10.0 Å². The molecule has 2 aliphatic rings. The highest BCUT2D eigenvalue weighted by atomic mass is 32.2. The molecule has 3 rings (SSSR count). The highest BCUT2D eigenvalue weighted by molar-refractivity contribution is 7.89. The van der Waals surface area contributed by atoms with E-state index in [0.29, 0.717) is 31.1 Å². The van der Waals surface area contributed by atoms with Crippen LogP contribution < -0.4 is 9.46 Å². The van der Waals surface area contributed by atoms with Crippen LogP contribution in [0.2, 0.25) is 0 Å². The average molecular weight is 366 g/mol. The molecule has 3 heterocycles. The summed E-state index contributed by atoms with van der Waals surface area (Å²) in [5.41, 5.74) is 0.322. The van der Waals surface area contributed by atoms with E-state index in [-0.39, 0.29) is 10.8 Å². The normalized spacial score (nSPS) is 21.8. The van der Waals surface area contributed by atoms with Crippen molar-refractivity contribution in [1.82, 2.24) is 9.71 Å². The molecule has 8 heteroatoms. The Morgan fingerprint density at radius 3 is 2.80 bits per heavy atom. The van der Waals surface area contributed by atoms with Crippen LogP contribution in [0.1, 0.15) is 31.2 Å². The Labute approximate surface area is 148 Å². The lowest BCUT2D eigenvalue weighted by Crippen LogP contribution is -2.34. The largest absolute Gasteiger partial charge is 0.476 e. The third-order valence-corrected chi connectivity index (χ3v) is 5.72. The smallest absolute Gasteiger partial charge is 0.244 e. The molecule has 7 nitrogen and oxygen atoms in total. The minimum atomic E-state index is -3.73. The number of terminal acetylenes is 1. The number of nitrogens with zero attached hydrogens (tertiary/aromatic N) is 1. The Kier molecular flexibility index (Phi) is 5.91. The van der Waals surface area contributed by atoms with Crippen LogP contribution in [0.5, 0.6) is 5.88 Å². The number of rotatable bonds is 6. The predicted octanol–water partition coefficient (Wildman–Crippen LogP) is 1.28. The molecule has 136 valence electrons. The first-order valence-corrected chi connectivity index (χ1v) is 9.88. The van der Waals surface area contributed by atoms with E-state index in [1.807, 2.05) is 0 Å². The molecule has 1 unspecified atom stereocenters. The summed E-state index contributed by atoms with van der Waals surface area (Å²) in [5.74, 6) is 3.13. The molecular formula is C17H22N2O5S. The van der Waals surface area contributed by atoms with E-state index in [2.05, 4.69) is 15.6 Å². The van der Waals surface area contributed by atoms with Crippen molar-refractivity contribution in [3.05, 3.63) is 17.8 Å². The molecular weight excluding hydrogens is 344 g/mol. The first-order valence-electron chi connectivity index (χ1n) is 8.39. The summed E-state index contributed by atoms with van der Waals surface area (Å²) < 4.78 is 43.7. The molecule has 0 aliphatic carbocycles. The molecule has 2 fully saturated rings. The monoisotopic (exact) mass is 366 g/mol. The molecule has 0 amide bonds. The van der Waals surface area contributed by atoms with Crippen molar-refractivity contribution < 1.29 is 22.6 Å². The molecule has 1 aromatic heterocycles. The van der Waals surface area contributed by atoms with Gasteiger partial charge in [-0.2, -0.15) is 4.72 Å². The lowest BCUT2D eigenvalue weighted by atomic mass is 10.0. The molecule has 0 bridgehead atoms. The number of aromatic nitrogens is 1. The van der Waals surface area contributed by atoms with Gasteiger partial charge in [0.15, 0.2) is 0 Å². The highest BCUT2D eigenvalue weighted by Crippen LogP contribution is 2.22. The molecule has 2 saturated heterocycles. The maximum atomic E-state index is 12.4. The molecule has 25 heavy (non-hydrogen) atoms. The van der Waals surface area contributed by atoms with E-state index in [0.717, 1.165) is 32.5 Å². The number of ether oxygens (including phenoxy) is 3. The van der Waals surface area contributed by atoms with Crippen molar-refractivity contribution in [2.24, 2.45) is 5.92 Å². The van der Waals surface area contributed by atoms with Crippen LogP contribution >= 0.6 is 0 Å². The zero-order valence-corrected chi connectivity index (χ0v) is 14.8. The lowest BCUT2D eigenvalue weighted by Gasteiger charge is -2.22. The zero-order valence-electron chi connectivity index (χ0n) is 13.9. The number of hydrogen-bond acceptors (Lipinski definition) is 6. The summed E-state index contributed by atoms with van der Waals surface area (Å²) in [5, 5.41) is 0. The van der Waals surface area contributed by atoms with Gasteiger partial charge in [0, 0.05) is 19.8 Å². The number of nitrogens with one attached hydrogen (secondary N) is 1. The molecule has 0 radical (unpaired) electrons. The third kappa shape index (κ3) is 4.70. The van der Waals surface area contributed by atoms with Crippen LogP contribution in [0, 0.1) is 18.3 Å². The van der Waals surface area contributed by atoms with Crippen molar-refractivity contribution in [3.63, 3.8) is 0 Å². The van der Waals surface area contributed by atoms with E-state index in [9.17, 15) is 8.42 Å². The standard InChI is InChI=1S/C17H22N2O5S/c1-2-14-10-15(25(20,21)19-16-4-3-7-23-16)11-18-17(14)24-12-13-5-8-22-9-6-13/h1,10-11,13,16,19H,3-9,12H2. The molecule has 0 saturated carbocycles. The van der Waals surface area contributed by atoms with E-state index < -0.39 is 16.3 Å². The van der Waals surface area contributed by atoms with Crippen LogP contribution in [0.15, 0.2) is 17.2 Å². The molecule has 0 aromatic carbocycles. The zero-order chi connectivity index (χ0) is 17.7. The molecule has 1 N–H and O–H groups in total. The lowest BCUT2D eigenvalue weighted by molar-refractivity contribution is 0.0490. The van der Waals surface area contributed by atoms with Crippen molar-refractivity contribution in [1.29, 1.82) is 0 Å². The molecule has 2 aliphatic heterocycles. The Morgan fingerprint density at radius 1 is 1.32 bits per heavy atom. The number of hydrogen-bond donors (Lipinski definition) is 1. The third-order valence-electron chi connectivity index (χ3n) is 4.30. The SMILES string of the molecule is C#Cc1cc(S(=O)(=O)NC2CCCO2)cnc1OCC1CCOCC1. The van der Waals surface area contributed by atoms with E-state index in [1.165, 1.54) is 12.3 Å². The summed E-state index contributed by atoms with van der Waals surface area (Å²) >= 11 is 0. The van der Waals surface area contributed by atoms with Gasteiger partial charge in [0.05, 0.1) is 18.4 Å². The number of sulfonamides is 1. The van der Waals surface area contributed by atoms with E-state index in [1.54, 1.807) is 0 Å². The van der Waals surface area contributed by atoms with Gasteiger partial charge < -0.3 is 14.2 Å². The van der Waals surface area contributed by atoms with Gasteiger partial charge in [-0.3, -0.25) is 0 Å². The van der Waals surface area contributed by atoms with Gasteiger partial charge >= 0.3 is 0 Å².